The third kappa shape index (κ3) is 7.28. The fourth-order valence-corrected chi connectivity index (χ4v) is 9.95. The summed E-state index contributed by atoms with van der Waals surface area (Å²) in [5.41, 5.74) is 0.556. The molecular weight excluding hydrogens is 740 g/mol. The number of hydroxylamine groups is 1. The molecule has 2 aromatic heterocycles. The van der Waals surface area contributed by atoms with E-state index in [1.165, 1.54) is 18.4 Å². The minimum absolute atomic E-state index is 0.170. The number of amides is 2. The van der Waals surface area contributed by atoms with Gasteiger partial charge >= 0.3 is 0 Å². The number of nitrogens with one attached hydrogen (secondary N) is 3. The van der Waals surface area contributed by atoms with Gasteiger partial charge in [0.25, 0.3) is 5.91 Å². The first-order valence-corrected chi connectivity index (χ1v) is 21.0. The Kier molecular flexibility index (Phi) is 10.3. The number of halogens is 1. The zero-order valence-electron chi connectivity index (χ0n) is 30.6. The molecule has 53 heavy (non-hydrogen) atoms. The number of nitrogens with zero attached hydrogens (tertiary/aromatic N) is 3. The fraction of sp³-hybridized carbons (Fsp3) is 0.568. The number of thiazole rings is 1. The van der Waals surface area contributed by atoms with Crippen LogP contribution >= 0.6 is 22.9 Å². The molecule has 4 aliphatic rings. The molecule has 1 unspecified atom stereocenters. The minimum atomic E-state index is -3.94. The zero-order chi connectivity index (χ0) is 37.9. The van der Waals surface area contributed by atoms with E-state index in [1.54, 1.807) is 25.0 Å². The summed E-state index contributed by atoms with van der Waals surface area (Å²) in [6.07, 6.45) is 7.33. The summed E-state index contributed by atoms with van der Waals surface area (Å²) in [5, 5.41) is 22.2. The first-order valence-electron chi connectivity index (χ1n) is 18.3. The number of quaternary nitrogens is 1. The first-order chi connectivity index (χ1) is 25.2. The van der Waals surface area contributed by atoms with Gasteiger partial charge in [-0.15, -0.1) is 11.3 Å². The topological polar surface area (TPSA) is 167 Å². The number of allylic oxidation sites excluding steroid dienone is 1. The van der Waals surface area contributed by atoms with E-state index >= 15 is 0 Å². The van der Waals surface area contributed by atoms with Gasteiger partial charge in [-0.1, -0.05) is 37.6 Å². The summed E-state index contributed by atoms with van der Waals surface area (Å²) in [7, 11) is -0.652. The Morgan fingerprint density at radius 1 is 1.21 bits per heavy atom. The molecule has 3 fully saturated rings. The van der Waals surface area contributed by atoms with E-state index in [4.69, 9.17) is 31.0 Å². The number of aromatic nitrogens is 2. The lowest BCUT2D eigenvalue weighted by Crippen LogP contribution is -3.17. The van der Waals surface area contributed by atoms with E-state index < -0.39 is 50.2 Å². The van der Waals surface area contributed by atoms with Crippen molar-refractivity contribution in [2.75, 3.05) is 20.7 Å². The largest absolute Gasteiger partial charge is 0.613 e. The third-order valence-corrected chi connectivity index (χ3v) is 14.7. The molecule has 3 aromatic rings. The van der Waals surface area contributed by atoms with E-state index in [-0.39, 0.29) is 36.3 Å². The van der Waals surface area contributed by atoms with Gasteiger partial charge in [0.2, 0.25) is 15.9 Å². The number of methoxy groups -OCH3 is 1. The van der Waals surface area contributed by atoms with Crippen molar-refractivity contribution >= 4 is 55.7 Å². The van der Waals surface area contributed by atoms with E-state index in [0.717, 1.165) is 25.0 Å². The number of sulfonamides is 1. The van der Waals surface area contributed by atoms with Crippen molar-refractivity contribution in [3.63, 3.8) is 0 Å². The molecule has 286 valence electrons. The molecule has 3 heterocycles. The van der Waals surface area contributed by atoms with Gasteiger partial charge in [0, 0.05) is 49.2 Å². The summed E-state index contributed by atoms with van der Waals surface area (Å²) < 4.78 is 39.7. The number of carbonyl (C=O) groups excluding carboxylic acids is 2. The van der Waals surface area contributed by atoms with Gasteiger partial charge in [0.15, 0.2) is 0 Å². The Labute approximate surface area is 319 Å². The summed E-state index contributed by atoms with van der Waals surface area (Å²) in [6.45, 7) is 6.30. The van der Waals surface area contributed by atoms with Crippen LogP contribution in [0.25, 0.3) is 21.6 Å². The van der Waals surface area contributed by atoms with Crippen LogP contribution in [-0.2, 0) is 19.6 Å². The van der Waals surface area contributed by atoms with Crippen LogP contribution in [0.5, 0.6) is 11.5 Å². The highest BCUT2D eigenvalue weighted by atomic mass is 35.5. The van der Waals surface area contributed by atoms with Gasteiger partial charge in [-0.25, -0.2) is 18.4 Å². The number of carbonyl (C=O) groups is 2. The Hall–Kier alpha value is -3.34. The van der Waals surface area contributed by atoms with Crippen LogP contribution in [-0.4, -0.2) is 78.3 Å². The Balaban J connectivity index is 1.21. The highest BCUT2D eigenvalue weighted by Crippen LogP contribution is 2.48. The van der Waals surface area contributed by atoms with Gasteiger partial charge in [-0.05, 0) is 63.5 Å². The molecule has 0 saturated heterocycles. The molecule has 1 aliphatic heterocycles. The van der Waals surface area contributed by atoms with Crippen molar-refractivity contribution in [1.82, 2.24) is 25.0 Å². The second-order valence-electron chi connectivity index (χ2n) is 15.5. The number of fused-ring (bicyclic) bond motifs is 3. The molecule has 6 atom stereocenters. The average molecular weight is 787 g/mol. The number of rotatable bonds is 8. The fourth-order valence-electron chi connectivity index (χ4n) is 7.41. The molecule has 0 spiro atoms. The normalized spacial score (nSPS) is 29.4. The van der Waals surface area contributed by atoms with Crippen molar-refractivity contribution in [3.05, 3.63) is 51.7 Å². The molecule has 0 bridgehead atoms. The molecule has 13 nitrogen and oxygen atoms in total. The standard InChI is InChI=1S/C37H47ClN6O7S2/c1-21(2)27-20-52-34(40-27)26-18-30(24-11-12-29(50-5)31(38)32(24)39-26)51-23-16-25-28(17-23)44(47)43(4)15-9-7-6-8-10-22-19-37(22,41-33(25)45)35(46)42-53(48,49)36(3)13-14-36/h8,10-12,18,20-23,25,28,44H,6-7,9,13-17,19H2,1-5H3,(H,41,45)(H,42,46)/b10-8-/t22-,23-,25-,28-,37-/m1/s1. The summed E-state index contributed by atoms with van der Waals surface area (Å²) in [4.78, 5) is 37.8. The molecule has 0 radical (unpaired) electrons. The lowest BCUT2D eigenvalue weighted by atomic mass is 10.0. The predicted molar refractivity (Wildman–Crippen MR) is 203 cm³/mol. The van der Waals surface area contributed by atoms with Crippen molar-refractivity contribution in [2.24, 2.45) is 11.8 Å². The highest BCUT2D eigenvalue weighted by molar-refractivity contribution is 7.91. The van der Waals surface area contributed by atoms with Gasteiger partial charge in [0.05, 0.1) is 29.0 Å². The molecule has 16 heteroatoms. The summed E-state index contributed by atoms with van der Waals surface area (Å²) in [5.74, 6) is -1.24. The van der Waals surface area contributed by atoms with Crippen LogP contribution < -0.4 is 24.7 Å². The lowest BCUT2D eigenvalue weighted by molar-refractivity contribution is -0.992. The van der Waals surface area contributed by atoms with E-state index in [1.807, 2.05) is 29.7 Å². The quantitative estimate of drug-likeness (QED) is 0.218. The maximum atomic E-state index is 14.3. The SMILES string of the molecule is COc1ccc2c(O[C@H]3C[C@@H]4[C@@H](C3)C(=O)N[C@]3(C(=O)NS(=O)(=O)C5(C)CC5)C[C@H]3/C=C\CCCCN(C)[NH+]4[O-])cc(-c3nc(C(C)C)cs3)nc2c1Cl. The molecular formula is C37H47ClN6O7S2. The maximum Gasteiger partial charge on any atom is 0.259 e. The molecule has 3 aliphatic carbocycles. The molecule has 1 aromatic carbocycles. The van der Waals surface area contributed by atoms with Crippen molar-refractivity contribution in [1.29, 1.82) is 0 Å². The first kappa shape index (κ1) is 38.0. The minimum Gasteiger partial charge on any atom is -0.613 e. The van der Waals surface area contributed by atoms with E-state index in [9.17, 15) is 23.2 Å². The predicted octanol–water partition coefficient (Wildman–Crippen LogP) is 4.51. The average Bonchev–Trinajstić information content (AvgIpc) is 3.89. The third-order valence-electron chi connectivity index (χ3n) is 11.3. The number of benzene rings is 1. The van der Waals surface area contributed by atoms with Gasteiger partial charge in [0.1, 0.15) is 44.9 Å². The molecule has 2 amide bonds. The monoisotopic (exact) mass is 786 g/mol. The van der Waals surface area contributed by atoms with Crippen LogP contribution in [0.2, 0.25) is 5.02 Å². The summed E-state index contributed by atoms with van der Waals surface area (Å²) in [6, 6.07) is 4.66. The van der Waals surface area contributed by atoms with Crippen LogP contribution in [0, 0.1) is 17.0 Å². The van der Waals surface area contributed by atoms with Gasteiger partial charge in [-0.2, -0.15) is 5.01 Å². The number of ether oxygens (including phenoxy) is 2. The maximum absolute atomic E-state index is 14.3. The highest BCUT2D eigenvalue weighted by Gasteiger charge is 2.63. The number of hydrogen-bond acceptors (Lipinski definition) is 11. The Morgan fingerprint density at radius 2 is 1.98 bits per heavy atom. The van der Waals surface area contributed by atoms with Gasteiger partial charge < -0.3 is 20.0 Å². The van der Waals surface area contributed by atoms with E-state index in [0.29, 0.717) is 57.5 Å². The smallest absolute Gasteiger partial charge is 0.259 e. The molecule has 3 saturated carbocycles. The van der Waals surface area contributed by atoms with Crippen molar-refractivity contribution < 1.29 is 32.7 Å². The van der Waals surface area contributed by atoms with Crippen molar-refractivity contribution in [2.45, 2.75) is 100 Å². The second kappa shape index (κ2) is 14.4. The van der Waals surface area contributed by atoms with Gasteiger partial charge in [-0.3, -0.25) is 19.5 Å². The Morgan fingerprint density at radius 3 is 2.68 bits per heavy atom. The number of hydrogen-bond donors (Lipinski definition) is 3. The Bertz CT molecular complexity index is 2050. The molecule has 7 rings (SSSR count). The van der Waals surface area contributed by atoms with Crippen LogP contribution in [0.1, 0.15) is 83.7 Å². The molecule has 3 N–H and O–H groups in total. The second-order valence-corrected chi connectivity index (χ2v) is 18.9. The van der Waals surface area contributed by atoms with Crippen molar-refractivity contribution in [3.8, 4) is 22.2 Å². The number of pyridine rings is 1. The lowest BCUT2D eigenvalue weighted by Gasteiger charge is -2.38. The van der Waals surface area contributed by atoms with Crippen LogP contribution in [0.3, 0.4) is 0 Å². The van der Waals surface area contributed by atoms with E-state index in [2.05, 4.69) is 23.9 Å². The summed E-state index contributed by atoms with van der Waals surface area (Å²) >= 11 is 8.27. The van der Waals surface area contributed by atoms with Crippen LogP contribution in [0.15, 0.2) is 35.7 Å². The van der Waals surface area contributed by atoms with Crippen LogP contribution in [0.4, 0.5) is 0 Å². The zero-order valence-corrected chi connectivity index (χ0v) is 33.0.